The maximum atomic E-state index is 12.5. The van der Waals surface area contributed by atoms with Crippen molar-refractivity contribution in [2.24, 2.45) is 0 Å². The highest BCUT2D eigenvalue weighted by Crippen LogP contribution is 2.29. The maximum absolute atomic E-state index is 12.5. The number of nitrogens with zero attached hydrogens (tertiary/aromatic N) is 3. The van der Waals surface area contributed by atoms with Crippen LogP contribution in [0.2, 0.25) is 5.02 Å². The van der Waals surface area contributed by atoms with Crippen molar-refractivity contribution in [2.45, 2.75) is 57.5 Å². The zero-order valence-corrected chi connectivity index (χ0v) is 17.9. The molecular formula is C23H27ClN4O. The maximum Gasteiger partial charge on any atom is 0.253 e. The van der Waals surface area contributed by atoms with Crippen LogP contribution in [0.4, 0.5) is 5.69 Å². The summed E-state index contributed by atoms with van der Waals surface area (Å²) in [6.07, 6.45) is 5.51. The number of nitriles is 1. The quantitative estimate of drug-likeness (QED) is 0.760. The van der Waals surface area contributed by atoms with Gasteiger partial charge >= 0.3 is 0 Å². The number of hydrogen-bond acceptors (Lipinski definition) is 4. The van der Waals surface area contributed by atoms with Gasteiger partial charge in [0, 0.05) is 36.7 Å². The average Bonchev–Trinajstić information content (AvgIpc) is 2.73. The first-order chi connectivity index (χ1) is 13.9. The van der Waals surface area contributed by atoms with Crippen LogP contribution in [0.1, 0.15) is 67.1 Å². The first-order valence-corrected chi connectivity index (χ1v) is 10.5. The Labute approximate surface area is 177 Å². The Balaban J connectivity index is 1.54. The molecular weight excluding hydrogens is 384 g/mol. The fourth-order valence-electron chi connectivity index (χ4n) is 3.78. The fraction of sp³-hybridized carbons (Fsp3) is 0.435. The monoisotopic (exact) mass is 410 g/mol. The summed E-state index contributed by atoms with van der Waals surface area (Å²) in [6.45, 7) is 4.17. The molecule has 1 aromatic carbocycles. The first kappa shape index (κ1) is 21.1. The van der Waals surface area contributed by atoms with Crippen molar-refractivity contribution in [1.29, 1.82) is 5.26 Å². The molecule has 2 aromatic rings. The SMILES string of the molecule is CC(C)c1ccc(C(=O)NC2CCC(N(C)c3ccc(C#N)c(Cl)c3)CC2)cn1. The zero-order chi connectivity index (χ0) is 21.0. The normalized spacial score (nSPS) is 18.9. The van der Waals surface area contributed by atoms with Gasteiger partial charge in [0.1, 0.15) is 6.07 Å². The molecule has 152 valence electrons. The molecule has 0 aliphatic heterocycles. The second-order valence-electron chi connectivity index (χ2n) is 7.99. The van der Waals surface area contributed by atoms with Crippen LogP contribution >= 0.6 is 11.6 Å². The van der Waals surface area contributed by atoms with Crippen molar-refractivity contribution in [3.8, 4) is 6.07 Å². The van der Waals surface area contributed by atoms with Crippen molar-refractivity contribution in [3.05, 3.63) is 58.4 Å². The summed E-state index contributed by atoms with van der Waals surface area (Å²) in [4.78, 5) is 19.1. The van der Waals surface area contributed by atoms with Crippen LogP contribution in [0.15, 0.2) is 36.5 Å². The van der Waals surface area contributed by atoms with Gasteiger partial charge < -0.3 is 10.2 Å². The number of rotatable bonds is 5. The van der Waals surface area contributed by atoms with Crippen molar-refractivity contribution in [2.75, 3.05) is 11.9 Å². The van der Waals surface area contributed by atoms with Gasteiger partial charge in [0.2, 0.25) is 0 Å². The fourth-order valence-corrected chi connectivity index (χ4v) is 4.00. The highest BCUT2D eigenvalue weighted by Gasteiger charge is 2.26. The van der Waals surface area contributed by atoms with Gasteiger partial charge in [0.15, 0.2) is 0 Å². The third-order valence-corrected chi connectivity index (χ3v) is 6.01. The van der Waals surface area contributed by atoms with Crippen LogP contribution in [0.3, 0.4) is 0 Å². The zero-order valence-electron chi connectivity index (χ0n) is 17.2. The molecule has 5 nitrogen and oxygen atoms in total. The Morgan fingerprint density at radius 1 is 1.24 bits per heavy atom. The lowest BCUT2D eigenvalue weighted by Crippen LogP contribution is -2.43. The molecule has 1 heterocycles. The van der Waals surface area contributed by atoms with Crippen LogP contribution in [0.5, 0.6) is 0 Å². The molecule has 0 bridgehead atoms. The Bertz CT molecular complexity index is 896. The predicted octanol–water partition coefficient (Wildman–Crippen LogP) is 4.91. The van der Waals surface area contributed by atoms with Gasteiger partial charge in [-0.1, -0.05) is 25.4 Å². The van der Waals surface area contributed by atoms with Crippen LogP contribution in [-0.2, 0) is 0 Å². The number of benzene rings is 1. The summed E-state index contributed by atoms with van der Waals surface area (Å²) in [5.41, 5.74) is 3.11. The first-order valence-electron chi connectivity index (χ1n) is 10.1. The number of carbonyl (C=O) groups excluding carboxylic acids is 1. The second kappa shape index (κ2) is 9.28. The molecule has 1 fully saturated rings. The summed E-state index contributed by atoms with van der Waals surface area (Å²) in [5.74, 6) is 0.300. The number of halogens is 1. The molecule has 3 rings (SSSR count). The molecule has 0 saturated heterocycles. The number of nitrogens with one attached hydrogen (secondary N) is 1. The van der Waals surface area contributed by atoms with E-state index in [0.717, 1.165) is 37.1 Å². The lowest BCUT2D eigenvalue weighted by atomic mass is 9.90. The number of amides is 1. The lowest BCUT2D eigenvalue weighted by molar-refractivity contribution is 0.0925. The smallest absolute Gasteiger partial charge is 0.253 e. The predicted molar refractivity (Wildman–Crippen MR) is 116 cm³/mol. The highest BCUT2D eigenvalue weighted by atomic mass is 35.5. The van der Waals surface area contributed by atoms with Crippen LogP contribution in [0, 0.1) is 11.3 Å². The molecule has 0 radical (unpaired) electrons. The van der Waals surface area contributed by atoms with E-state index in [9.17, 15) is 4.79 Å². The average molecular weight is 411 g/mol. The van der Waals surface area contributed by atoms with Gasteiger partial charge in [-0.25, -0.2) is 0 Å². The minimum absolute atomic E-state index is 0.0523. The largest absolute Gasteiger partial charge is 0.372 e. The van der Waals surface area contributed by atoms with E-state index in [4.69, 9.17) is 16.9 Å². The summed E-state index contributed by atoms with van der Waals surface area (Å²) >= 11 is 6.18. The molecule has 0 unspecified atom stereocenters. The lowest BCUT2D eigenvalue weighted by Gasteiger charge is -2.36. The number of pyridine rings is 1. The van der Waals surface area contributed by atoms with Crippen molar-refractivity contribution in [3.63, 3.8) is 0 Å². The van der Waals surface area contributed by atoms with E-state index in [1.807, 2.05) is 24.3 Å². The van der Waals surface area contributed by atoms with Crippen molar-refractivity contribution < 1.29 is 4.79 Å². The summed E-state index contributed by atoms with van der Waals surface area (Å²) < 4.78 is 0. The van der Waals surface area contributed by atoms with Crippen LogP contribution in [0.25, 0.3) is 0 Å². The second-order valence-corrected chi connectivity index (χ2v) is 8.40. The van der Waals surface area contributed by atoms with E-state index in [-0.39, 0.29) is 11.9 Å². The number of hydrogen-bond donors (Lipinski definition) is 1. The van der Waals surface area contributed by atoms with E-state index < -0.39 is 0 Å². The van der Waals surface area contributed by atoms with Gasteiger partial charge in [0.05, 0.1) is 16.1 Å². The summed E-state index contributed by atoms with van der Waals surface area (Å²) in [6, 6.07) is 12.0. The third kappa shape index (κ3) is 5.07. The number of carbonyl (C=O) groups is 1. The molecule has 1 aliphatic carbocycles. The van der Waals surface area contributed by atoms with Gasteiger partial charge in [-0.3, -0.25) is 9.78 Å². The molecule has 1 saturated carbocycles. The molecule has 6 heteroatoms. The van der Waals surface area contributed by atoms with Crippen LogP contribution in [-0.4, -0.2) is 30.0 Å². The van der Waals surface area contributed by atoms with Crippen LogP contribution < -0.4 is 10.2 Å². The Kier molecular flexibility index (Phi) is 6.76. The highest BCUT2D eigenvalue weighted by molar-refractivity contribution is 6.32. The van der Waals surface area contributed by atoms with Gasteiger partial charge in [-0.15, -0.1) is 0 Å². The molecule has 1 N–H and O–H groups in total. The Morgan fingerprint density at radius 3 is 2.52 bits per heavy atom. The molecule has 0 spiro atoms. The standard InChI is InChI=1S/C23H27ClN4O/c1-15(2)22-11-5-17(14-26-22)23(29)27-18-6-9-19(10-7-18)28(3)20-8-4-16(13-25)21(24)12-20/h4-5,8,11-12,14-15,18-19H,6-7,9-10H2,1-3H3,(H,27,29). The van der Waals surface area contributed by atoms with Gasteiger partial charge in [-0.2, -0.15) is 5.26 Å². The van der Waals surface area contributed by atoms with E-state index in [2.05, 4.69) is 42.2 Å². The number of aromatic nitrogens is 1. The Hall–Kier alpha value is -2.58. The number of anilines is 1. The molecule has 1 amide bonds. The van der Waals surface area contributed by atoms with E-state index >= 15 is 0 Å². The summed E-state index contributed by atoms with van der Waals surface area (Å²) in [7, 11) is 2.06. The molecule has 0 atom stereocenters. The summed E-state index contributed by atoms with van der Waals surface area (Å²) in [5, 5.41) is 12.7. The third-order valence-electron chi connectivity index (χ3n) is 5.70. The Morgan fingerprint density at radius 2 is 1.97 bits per heavy atom. The molecule has 1 aliphatic rings. The molecule has 29 heavy (non-hydrogen) atoms. The molecule has 1 aromatic heterocycles. The van der Waals surface area contributed by atoms with Crippen molar-refractivity contribution in [1.82, 2.24) is 10.3 Å². The van der Waals surface area contributed by atoms with Gasteiger partial charge in [-0.05, 0) is 61.9 Å². The minimum Gasteiger partial charge on any atom is -0.372 e. The van der Waals surface area contributed by atoms with Gasteiger partial charge in [0.25, 0.3) is 5.91 Å². The van der Waals surface area contributed by atoms with E-state index in [0.29, 0.717) is 28.1 Å². The van der Waals surface area contributed by atoms with E-state index in [1.165, 1.54) is 0 Å². The van der Waals surface area contributed by atoms with Crippen molar-refractivity contribution >= 4 is 23.2 Å². The van der Waals surface area contributed by atoms with E-state index in [1.54, 1.807) is 12.3 Å². The minimum atomic E-state index is -0.0523. The topological polar surface area (TPSA) is 69.0 Å².